The van der Waals surface area contributed by atoms with E-state index in [2.05, 4.69) is 21.9 Å². The predicted octanol–water partition coefficient (Wildman–Crippen LogP) is 3.92. The van der Waals surface area contributed by atoms with Crippen LogP contribution >= 0.6 is 0 Å². The third kappa shape index (κ3) is 4.33. The van der Waals surface area contributed by atoms with Crippen molar-refractivity contribution in [1.82, 2.24) is 9.97 Å². The summed E-state index contributed by atoms with van der Waals surface area (Å²) in [4.78, 5) is 23.2. The van der Waals surface area contributed by atoms with Crippen LogP contribution in [0.3, 0.4) is 0 Å². The van der Waals surface area contributed by atoms with Gasteiger partial charge < -0.3 is 10.2 Å². The Balaban J connectivity index is 1.86. The van der Waals surface area contributed by atoms with Crippen LogP contribution in [-0.2, 0) is 6.54 Å². The van der Waals surface area contributed by atoms with E-state index < -0.39 is 0 Å². The molecule has 1 aromatic heterocycles. The molecule has 0 fully saturated rings. The van der Waals surface area contributed by atoms with Crippen LogP contribution < -0.4 is 10.2 Å². The van der Waals surface area contributed by atoms with Gasteiger partial charge in [0.2, 0.25) is 5.95 Å². The highest BCUT2D eigenvalue weighted by Gasteiger charge is 2.19. The highest BCUT2D eigenvalue weighted by atomic mass is 16.2. The number of anilines is 2. The standard InChI is InChI=1S/C21H20N4O/c1-2-13-22-21-23-14-18(15-24-21)20(26)25(19-11-7-4-8-12-19)16-17-9-5-3-6-10-17/h2-12,14-15H,1,13,16H2,(H,22,23,24). The van der Waals surface area contributed by atoms with Crippen molar-refractivity contribution in [2.24, 2.45) is 0 Å². The lowest BCUT2D eigenvalue weighted by molar-refractivity contribution is 0.0984. The minimum atomic E-state index is -0.143. The van der Waals surface area contributed by atoms with Gasteiger partial charge in [0.25, 0.3) is 5.91 Å². The zero-order valence-corrected chi connectivity index (χ0v) is 14.4. The number of amides is 1. The van der Waals surface area contributed by atoms with Gasteiger partial charge in [0, 0.05) is 24.6 Å². The average Bonchev–Trinajstić information content (AvgIpc) is 2.72. The van der Waals surface area contributed by atoms with Crippen molar-refractivity contribution in [3.8, 4) is 0 Å². The molecular weight excluding hydrogens is 324 g/mol. The van der Waals surface area contributed by atoms with E-state index in [0.717, 1.165) is 11.3 Å². The van der Waals surface area contributed by atoms with Crippen molar-refractivity contribution in [3.05, 3.63) is 96.8 Å². The first-order valence-electron chi connectivity index (χ1n) is 8.35. The number of rotatable bonds is 7. The maximum Gasteiger partial charge on any atom is 0.261 e. The van der Waals surface area contributed by atoms with Crippen molar-refractivity contribution in [2.45, 2.75) is 6.54 Å². The number of hydrogen-bond donors (Lipinski definition) is 1. The lowest BCUT2D eigenvalue weighted by Gasteiger charge is -2.23. The van der Waals surface area contributed by atoms with E-state index in [4.69, 9.17) is 0 Å². The molecule has 1 amide bonds. The van der Waals surface area contributed by atoms with Crippen LogP contribution in [0.4, 0.5) is 11.6 Å². The van der Waals surface area contributed by atoms with Crippen molar-refractivity contribution in [1.29, 1.82) is 0 Å². The van der Waals surface area contributed by atoms with Gasteiger partial charge in [0.05, 0.1) is 12.1 Å². The molecule has 3 aromatic rings. The molecule has 1 heterocycles. The van der Waals surface area contributed by atoms with Crippen LogP contribution in [0.1, 0.15) is 15.9 Å². The Bertz CT molecular complexity index is 848. The van der Waals surface area contributed by atoms with E-state index in [0.29, 0.717) is 24.6 Å². The zero-order chi connectivity index (χ0) is 18.2. The molecule has 1 N–H and O–H groups in total. The third-order valence-electron chi connectivity index (χ3n) is 3.80. The predicted molar refractivity (Wildman–Crippen MR) is 104 cm³/mol. The lowest BCUT2D eigenvalue weighted by Crippen LogP contribution is -2.30. The molecule has 2 aromatic carbocycles. The molecule has 0 aliphatic carbocycles. The maximum atomic E-state index is 13.1. The Hall–Kier alpha value is -3.47. The van der Waals surface area contributed by atoms with E-state index in [1.807, 2.05) is 60.7 Å². The molecule has 5 heteroatoms. The topological polar surface area (TPSA) is 58.1 Å². The van der Waals surface area contributed by atoms with E-state index in [1.54, 1.807) is 23.4 Å². The summed E-state index contributed by atoms with van der Waals surface area (Å²) in [5.74, 6) is 0.325. The highest BCUT2D eigenvalue weighted by Crippen LogP contribution is 2.19. The molecule has 0 bridgehead atoms. The van der Waals surface area contributed by atoms with Gasteiger partial charge in [-0.1, -0.05) is 54.6 Å². The summed E-state index contributed by atoms with van der Waals surface area (Å²) in [5.41, 5.74) is 2.32. The van der Waals surface area contributed by atoms with E-state index in [1.165, 1.54) is 0 Å². The minimum absolute atomic E-state index is 0.143. The van der Waals surface area contributed by atoms with Crippen molar-refractivity contribution < 1.29 is 4.79 Å². The molecule has 0 unspecified atom stereocenters. The first-order chi connectivity index (χ1) is 12.8. The average molecular weight is 344 g/mol. The molecule has 0 spiro atoms. The fourth-order valence-corrected chi connectivity index (χ4v) is 2.50. The number of carbonyl (C=O) groups excluding carboxylic acids is 1. The largest absolute Gasteiger partial charge is 0.351 e. The summed E-state index contributed by atoms with van der Waals surface area (Å²) in [5, 5.41) is 3.00. The van der Waals surface area contributed by atoms with Gasteiger partial charge in [-0.3, -0.25) is 4.79 Å². The summed E-state index contributed by atoms with van der Waals surface area (Å²) < 4.78 is 0. The second kappa shape index (κ2) is 8.58. The number of benzene rings is 2. The number of nitrogens with one attached hydrogen (secondary N) is 1. The van der Waals surface area contributed by atoms with E-state index in [-0.39, 0.29) is 5.91 Å². The summed E-state index contributed by atoms with van der Waals surface area (Å²) in [6.45, 7) is 4.68. The van der Waals surface area contributed by atoms with E-state index >= 15 is 0 Å². The number of aromatic nitrogens is 2. The van der Waals surface area contributed by atoms with Gasteiger partial charge in [0.1, 0.15) is 0 Å². The molecule has 0 radical (unpaired) electrons. The quantitative estimate of drug-likeness (QED) is 0.660. The van der Waals surface area contributed by atoms with Crippen molar-refractivity contribution in [2.75, 3.05) is 16.8 Å². The SMILES string of the molecule is C=CCNc1ncc(C(=O)N(Cc2ccccc2)c2ccccc2)cn1. The Kier molecular flexibility index (Phi) is 5.72. The Labute approximate surface area is 153 Å². The fourth-order valence-electron chi connectivity index (χ4n) is 2.50. The summed E-state index contributed by atoms with van der Waals surface area (Å²) in [6, 6.07) is 19.5. The minimum Gasteiger partial charge on any atom is -0.351 e. The number of para-hydroxylation sites is 1. The second-order valence-corrected chi connectivity index (χ2v) is 5.68. The van der Waals surface area contributed by atoms with Crippen LogP contribution in [0, 0.1) is 0 Å². The first-order valence-corrected chi connectivity index (χ1v) is 8.35. The molecule has 26 heavy (non-hydrogen) atoms. The van der Waals surface area contributed by atoms with Crippen molar-refractivity contribution in [3.63, 3.8) is 0 Å². The monoisotopic (exact) mass is 344 g/mol. The Morgan fingerprint density at radius 3 is 2.23 bits per heavy atom. The number of nitrogens with zero attached hydrogens (tertiary/aromatic N) is 3. The first kappa shape index (κ1) is 17.4. The van der Waals surface area contributed by atoms with Gasteiger partial charge in [-0.25, -0.2) is 9.97 Å². The molecule has 0 atom stereocenters. The van der Waals surface area contributed by atoms with Gasteiger partial charge >= 0.3 is 0 Å². The highest BCUT2D eigenvalue weighted by molar-refractivity contribution is 6.05. The third-order valence-corrected chi connectivity index (χ3v) is 3.80. The Morgan fingerprint density at radius 1 is 1.00 bits per heavy atom. The molecule has 130 valence electrons. The second-order valence-electron chi connectivity index (χ2n) is 5.68. The summed E-state index contributed by atoms with van der Waals surface area (Å²) in [7, 11) is 0. The zero-order valence-electron chi connectivity index (χ0n) is 14.4. The molecular formula is C21H20N4O. The number of carbonyl (C=O) groups is 1. The smallest absolute Gasteiger partial charge is 0.261 e. The van der Waals surface area contributed by atoms with Crippen LogP contribution in [0.25, 0.3) is 0 Å². The molecule has 0 saturated carbocycles. The lowest BCUT2D eigenvalue weighted by atomic mass is 10.1. The van der Waals surface area contributed by atoms with Crippen LogP contribution in [-0.4, -0.2) is 22.4 Å². The maximum absolute atomic E-state index is 13.1. The van der Waals surface area contributed by atoms with Gasteiger partial charge in [0.15, 0.2) is 0 Å². The molecule has 3 rings (SSSR count). The van der Waals surface area contributed by atoms with Crippen LogP contribution in [0.15, 0.2) is 85.7 Å². The molecule has 0 saturated heterocycles. The summed E-state index contributed by atoms with van der Waals surface area (Å²) >= 11 is 0. The molecule has 0 aliphatic heterocycles. The number of hydrogen-bond acceptors (Lipinski definition) is 4. The van der Waals surface area contributed by atoms with E-state index in [9.17, 15) is 4.79 Å². The van der Waals surface area contributed by atoms with Crippen LogP contribution in [0.5, 0.6) is 0 Å². The van der Waals surface area contributed by atoms with Gasteiger partial charge in [-0.15, -0.1) is 6.58 Å². The Morgan fingerprint density at radius 2 is 1.62 bits per heavy atom. The molecule has 5 nitrogen and oxygen atoms in total. The van der Waals surface area contributed by atoms with Crippen molar-refractivity contribution >= 4 is 17.5 Å². The van der Waals surface area contributed by atoms with Crippen LogP contribution in [0.2, 0.25) is 0 Å². The molecule has 0 aliphatic rings. The normalized spacial score (nSPS) is 10.2. The summed E-state index contributed by atoms with van der Waals surface area (Å²) in [6.07, 6.45) is 4.81. The van der Waals surface area contributed by atoms with Gasteiger partial charge in [-0.05, 0) is 17.7 Å². The fraction of sp³-hybridized carbons (Fsp3) is 0.0952. The van der Waals surface area contributed by atoms with Gasteiger partial charge in [-0.2, -0.15) is 0 Å².